The van der Waals surface area contributed by atoms with Crippen LogP contribution in [0.1, 0.15) is 147 Å². The summed E-state index contributed by atoms with van der Waals surface area (Å²) in [5.41, 5.74) is 25.1. The van der Waals surface area contributed by atoms with Gasteiger partial charge in [0.05, 0.1) is 40.9 Å². The topological polar surface area (TPSA) is 210 Å². The third-order valence-electron chi connectivity index (χ3n) is 15.7. The number of aromatic amines is 1. The number of nitrogen functional groups attached to an aromatic ring is 2. The number of hydrogen-bond donors (Lipinski definition) is 4. The van der Waals surface area contributed by atoms with Gasteiger partial charge in [0.1, 0.15) is 16.8 Å². The van der Waals surface area contributed by atoms with Crippen molar-refractivity contribution in [3.63, 3.8) is 0 Å². The maximum absolute atomic E-state index is 11.6. The first-order valence-corrected chi connectivity index (χ1v) is 29.6. The van der Waals surface area contributed by atoms with Gasteiger partial charge in [0.15, 0.2) is 0 Å². The van der Waals surface area contributed by atoms with E-state index in [1.54, 1.807) is 6.07 Å². The van der Waals surface area contributed by atoms with Crippen molar-refractivity contribution in [3.05, 3.63) is 174 Å². The number of allylic oxidation sites excluding steroid dienone is 1. The molecule has 1 aliphatic carbocycles. The number of fused-ring (bicyclic) bond motifs is 2. The summed E-state index contributed by atoms with van der Waals surface area (Å²) in [4.78, 5) is 31.3. The molecule has 0 spiro atoms. The summed E-state index contributed by atoms with van der Waals surface area (Å²) in [6.45, 7) is 26.5. The number of H-pyrrole nitrogens is 1. The zero-order valence-electron chi connectivity index (χ0n) is 47.2. The maximum atomic E-state index is 11.6. The van der Waals surface area contributed by atoms with Crippen LogP contribution in [0, 0.1) is 0 Å². The fraction of sp³-hybridized carbons (Fsp3) is 0.355. The Morgan fingerprint density at radius 3 is 1.71 bits per heavy atom. The Hall–Kier alpha value is -7.66. The van der Waals surface area contributed by atoms with Gasteiger partial charge in [-0.25, -0.2) is 24.9 Å². The summed E-state index contributed by atoms with van der Waals surface area (Å²) in [7, 11) is -2.36. The van der Waals surface area contributed by atoms with Crippen molar-refractivity contribution >= 4 is 36.8 Å². The molecule has 0 saturated carbocycles. The Morgan fingerprint density at radius 2 is 1.15 bits per heavy atom. The standard InChI is InChI=1S/C36H48N6OSi.C26H27N7O/c1-10-36(29-14-12-11-13-15-29,43-44(24(4)5,25(6)7)26(8)9)34-19-33(40-35(37)41-34)30-16-17-32-31(30)18-27(20-38-32)28-21-39-42(22-28)23(2)3;1-4-26(34,19-8-6-5-7-9-19)23-11-22(31-25(27)32-23)21-14-29-24-20(21)10-17(12-28-24)18-13-30-33(15-18)16(2)3/h11-16,18-26H,10,17H2,1-9H3,(H2,37,40,41);5-16,34H,4H2,1-3H3,(H,28,29)(H2,27,31,32). The van der Waals surface area contributed by atoms with Crippen LogP contribution in [0.4, 0.5) is 11.9 Å². The van der Waals surface area contributed by atoms with Crippen molar-refractivity contribution in [2.45, 2.75) is 142 Å². The highest BCUT2D eigenvalue weighted by molar-refractivity contribution is 6.77. The van der Waals surface area contributed by atoms with Gasteiger partial charge in [-0.1, -0.05) is 122 Å². The van der Waals surface area contributed by atoms with Crippen molar-refractivity contribution in [2.24, 2.45) is 0 Å². The Morgan fingerprint density at radius 1 is 0.615 bits per heavy atom. The van der Waals surface area contributed by atoms with Gasteiger partial charge >= 0.3 is 0 Å². The molecule has 1 aliphatic rings. The molecule has 0 fully saturated rings. The van der Waals surface area contributed by atoms with E-state index in [2.05, 4.69) is 167 Å². The van der Waals surface area contributed by atoms with E-state index in [9.17, 15) is 5.11 Å². The van der Waals surface area contributed by atoms with Gasteiger partial charge in [-0.15, -0.1) is 0 Å². The first-order chi connectivity index (χ1) is 37.3. The molecule has 2 aromatic carbocycles. The van der Waals surface area contributed by atoms with Gasteiger partial charge in [-0.2, -0.15) is 10.2 Å². The summed E-state index contributed by atoms with van der Waals surface area (Å²) in [5, 5.41) is 21.5. The Balaban J connectivity index is 0.000000196. The zero-order chi connectivity index (χ0) is 55.7. The fourth-order valence-electron chi connectivity index (χ4n) is 11.5. The predicted molar refractivity (Wildman–Crippen MR) is 316 cm³/mol. The van der Waals surface area contributed by atoms with Crippen LogP contribution in [0.3, 0.4) is 0 Å². The number of pyridine rings is 2. The Kier molecular flexibility index (Phi) is 15.8. The molecule has 15 nitrogen and oxygen atoms in total. The van der Waals surface area contributed by atoms with Crippen LogP contribution in [-0.2, 0) is 22.0 Å². The zero-order valence-corrected chi connectivity index (χ0v) is 48.2. The second-order valence-electron chi connectivity index (χ2n) is 22.0. The van der Waals surface area contributed by atoms with Crippen LogP contribution >= 0.6 is 0 Å². The van der Waals surface area contributed by atoms with E-state index in [-0.39, 0.29) is 17.9 Å². The number of anilines is 2. The average Bonchev–Trinajstić information content (AvgIpc) is 4.40. The maximum Gasteiger partial charge on any atom is 0.220 e. The number of aliphatic hydroxyl groups is 1. The second-order valence-corrected chi connectivity index (χ2v) is 27.4. The van der Waals surface area contributed by atoms with Crippen molar-refractivity contribution in [1.82, 2.24) is 54.4 Å². The van der Waals surface area contributed by atoms with Crippen molar-refractivity contribution in [2.75, 3.05) is 11.5 Å². The summed E-state index contributed by atoms with van der Waals surface area (Å²) >= 11 is 0. The van der Waals surface area contributed by atoms with Gasteiger partial charge in [0.25, 0.3) is 0 Å². The molecule has 7 aromatic heterocycles. The fourth-order valence-corrected chi connectivity index (χ4v) is 17.1. The molecule has 0 saturated heterocycles. The SMILES string of the molecule is CCC(O)(c1ccccc1)c1cc(-c2c[nH]c3ncc(-c4cnn(C(C)C)c4)cc23)nc(N)n1.CCC(O[Si](C(C)C)(C(C)C)C(C)C)(c1ccccc1)c1cc(C2=CCc3ncc(-c4cnn(C(C)C)c4)cc32)nc(N)n1. The molecule has 16 heteroatoms. The molecule has 0 aliphatic heterocycles. The lowest BCUT2D eigenvalue weighted by Gasteiger charge is -2.49. The largest absolute Gasteiger partial charge is 0.401 e. The molecule has 6 N–H and O–H groups in total. The van der Waals surface area contributed by atoms with Crippen LogP contribution in [-0.4, -0.2) is 67.9 Å². The van der Waals surface area contributed by atoms with Gasteiger partial charge in [-0.3, -0.25) is 14.3 Å². The van der Waals surface area contributed by atoms with Gasteiger partial charge < -0.3 is 26.0 Å². The third kappa shape index (κ3) is 10.4. The molecular formula is C62H75N13O2Si. The minimum absolute atomic E-state index is 0.104. The molecule has 78 heavy (non-hydrogen) atoms. The van der Waals surface area contributed by atoms with E-state index < -0.39 is 19.5 Å². The van der Waals surface area contributed by atoms with Crippen LogP contribution in [0.15, 0.2) is 134 Å². The number of nitrogens with one attached hydrogen (secondary N) is 1. The molecule has 0 bridgehead atoms. The summed E-state index contributed by atoms with van der Waals surface area (Å²) in [5.74, 6) is 0.351. The highest BCUT2D eigenvalue weighted by Gasteiger charge is 2.52. The van der Waals surface area contributed by atoms with Gasteiger partial charge in [0.2, 0.25) is 20.2 Å². The number of rotatable bonds is 17. The normalized spacial score (nSPS) is 14.3. The van der Waals surface area contributed by atoms with E-state index >= 15 is 0 Å². The van der Waals surface area contributed by atoms with Crippen LogP contribution in [0.5, 0.6) is 0 Å². The minimum Gasteiger partial charge on any atom is -0.401 e. The Bertz CT molecular complexity index is 3540. The quantitative estimate of drug-likeness (QED) is 0.0628. The van der Waals surface area contributed by atoms with E-state index in [1.165, 1.54) is 0 Å². The molecule has 7 heterocycles. The average molecular weight is 1060 g/mol. The van der Waals surface area contributed by atoms with Crippen LogP contribution < -0.4 is 11.5 Å². The molecule has 2 unspecified atom stereocenters. The van der Waals surface area contributed by atoms with E-state index in [1.807, 2.05) is 83.8 Å². The molecule has 10 rings (SSSR count). The number of hydrogen-bond acceptors (Lipinski definition) is 12. The Labute approximate surface area is 459 Å². The number of aromatic nitrogens is 11. The monoisotopic (exact) mass is 1060 g/mol. The number of nitrogens with zero attached hydrogens (tertiary/aromatic N) is 10. The lowest BCUT2D eigenvalue weighted by atomic mass is 9.87. The third-order valence-corrected chi connectivity index (χ3v) is 21.8. The molecular weight excluding hydrogens is 987 g/mol. The lowest BCUT2D eigenvalue weighted by Crippen LogP contribution is -2.54. The van der Waals surface area contributed by atoms with Crippen LogP contribution in [0.25, 0.3) is 50.1 Å². The molecule has 0 radical (unpaired) electrons. The van der Waals surface area contributed by atoms with Crippen molar-refractivity contribution < 1.29 is 9.53 Å². The predicted octanol–water partition coefficient (Wildman–Crippen LogP) is 13.4. The minimum atomic E-state index is -2.36. The summed E-state index contributed by atoms with van der Waals surface area (Å²) < 4.78 is 11.6. The first-order valence-electron chi connectivity index (χ1n) is 27.4. The van der Waals surface area contributed by atoms with Crippen molar-refractivity contribution in [1.29, 1.82) is 0 Å². The van der Waals surface area contributed by atoms with Gasteiger partial charge in [0, 0.05) is 93.8 Å². The highest BCUT2D eigenvalue weighted by Crippen LogP contribution is 2.50. The first kappa shape index (κ1) is 55.1. The number of nitrogens with two attached hydrogens (primary N) is 2. The van der Waals surface area contributed by atoms with Gasteiger partial charge in [-0.05, 0) is 92.6 Å². The molecule has 2 atom stereocenters. The molecule has 0 amide bonds. The van der Waals surface area contributed by atoms with E-state index in [0.717, 1.165) is 91.0 Å². The number of benzene rings is 2. The second kappa shape index (κ2) is 22.4. The van der Waals surface area contributed by atoms with E-state index in [4.69, 9.17) is 30.8 Å². The van der Waals surface area contributed by atoms with Crippen LogP contribution in [0.2, 0.25) is 16.6 Å². The smallest absolute Gasteiger partial charge is 0.220 e. The van der Waals surface area contributed by atoms with E-state index in [0.29, 0.717) is 40.5 Å². The van der Waals surface area contributed by atoms with Crippen molar-refractivity contribution in [3.8, 4) is 33.5 Å². The lowest BCUT2D eigenvalue weighted by molar-refractivity contribution is 0.0720. The molecule has 404 valence electrons. The summed E-state index contributed by atoms with van der Waals surface area (Å²) in [6.07, 6.45) is 17.6. The summed E-state index contributed by atoms with van der Waals surface area (Å²) in [6, 6.07) is 28.8. The molecule has 9 aromatic rings. The highest BCUT2D eigenvalue weighted by atomic mass is 28.4.